The molecule has 0 bridgehead atoms. The molecular weight excluding hydrogens is 410 g/mol. The highest BCUT2D eigenvalue weighted by Gasteiger charge is 2.59. The van der Waals surface area contributed by atoms with Crippen LogP contribution in [0.25, 0.3) is 0 Å². The van der Waals surface area contributed by atoms with E-state index in [2.05, 4.69) is 15.3 Å². The van der Waals surface area contributed by atoms with Crippen molar-refractivity contribution in [3.63, 3.8) is 0 Å². The highest BCUT2D eigenvalue weighted by Crippen LogP contribution is 2.54. The van der Waals surface area contributed by atoms with Crippen LogP contribution in [0.1, 0.15) is 42.9 Å². The zero-order chi connectivity index (χ0) is 22.7. The van der Waals surface area contributed by atoms with Gasteiger partial charge in [0.2, 0.25) is 11.8 Å². The minimum Gasteiger partial charge on any atom is -0.483 e. The van der Waals surface area contributed by atoms with Gasteiger partial charge in [-0.25, -0.2) is 0 Å². The predicted octanol–water partition coefficient (Wildman–Crippen LogP) is 1.77. The van der Waals surface area contributed by atoms with Crippen molar-refractivity contribution in [3.05, 3.63) is 47.8 Å². The highest BCUT2D eigenvalue weighted by atomic mass is 16.3. The van der Waals surface area contributed by atoms with Crippen molar-refractivity contribution in [2.75, 3.05) is 31.5 Å². The molecule has 1 aromatic heterocycles. The van der Waals surface area contributed by atoms with Crippen LogP contribution in [0.2, 0.25) is 0 Å². The van der Waals surface area contributed by atoms with Crippen LogP contribution in [0, 0.1) is 0 Å². The topological polar surface area (TPSA) is 108 Å². The van der Waals surface area contributed by atoms with Crippen molar-refractivity contribution in [2.24, 2.45) is 7.05 Å². The van der Waals surface area contributed by atoms with E-state index in [1.807, 2.05) is 42.4 Å². The Bertz CT molecular complexity index is 1000. The van der Waals surface area contributed by atoms with Gasteiger partial charge in [-0.05, 0) is 44.0 Å². The van der Waals surface area contributed by atoms with Crippen LogP contribution in [-0.2, 0) is 26.8 Å². The van der Waals surface area contributed by atoms with Crippen molar-refractivity contribution in [1.82, 2.24) is 19.6 Å². The van der Waals surface area contributed by atoms with Crippen LogP contribution in [0.15, 0.2) is 36.7 Å². The van der Waals surface area contributed by atoms with Gasteiger partial charge in [0, 0.05) is 31.0 Å². The molecule has 0 aliphatic carbocycles. The Morgan fingerprint density at radius 3 is 2.66 bits per heavy atom. The molecular formula is C23H29N5O4. The number of nitrogens with one attached hydrogen (secondary N) is 1. The van der Waals surface area contributed by atoms with Crippen molar-refractivity contribution in [3.8, 4) is 0 Å². The lowest BCUT2D eigenvalue weighted by Crippen LogP contribution is -2.46. The maximum Gasteiger partial charge on any atom is 0.290 e. The summed E-state index contributed by atoms with van der Waals surface area (Å²) in [5, 5.41) is 14.3. The van der Waals surface area contributed by atoms with Gasteiger partial charge in [-0.2, -0.15) is 5.10 Å². The van der Waals surface area contributed by atoms with E-state index >= 15 is 0 Å². The van der Waals surface area contributed by atoms with Crippen LogP contribution in [0.4, 0.5) is 5.69 Å². The summed E-state index contributed by atoms with van der Waals surface area (Å²) >= 11 is 0. The largest absolute Gasteiger partial charge is 0.483 e. The first-order chi connectivity index (χ1) is 15.5. The molecule has 2 amide bonds. The van der Waals surface area contributed by atoms with Gasteiger partial charge in [0.25, 0.3) is 6.47 Å². The molecule has 4 heterocycles. The molecule has 2 saturated heterocycles. The van der Waals surface area contributed by atoms with Crippen LogP contribution in [0.5, 0.6) is 0 Å². The molecule has 2 N–H and O–H groups in total. The first-order valence-electron chi connectivity index (χ1n) is 11.0. The number of carbonyl (C=O) groups is 3. The average Bonchev–Trinajstić information content (AvgIpc) is 3.46. The van der Waals surface area contributed by atoms with Crippen LogP contribution in [0.3, 0.4) is 0 Å². The number of hydrogen-bond donors (Lipinski definition) is 2. The van der Waals surface area contributed by atoms with E-state index in [4.69, 9.17) is 9.90 Å². The number of anilines is 1. The van der Waals surface area contributed by atoms with Gasteiger partial charge in [0.15, 0.2) is 0 Å². The second kappa shape index (κ2) is 9.12. The smallest absolute Gasteiger partial charge is 0.290 e. The van der Waals surface area contributed by atoms with Crippen LogP contribution in [-0.4, -0.2) is 69.2 Å². The van der Waals surface area contributed by atoms with Gasteiger partial charge in [0.1, 0.15) is 5.41 Å². The quantitative estimate of drug-likeness (QED) is 0.706. The van der Waals surface area contributed by atoms with E-state index in [1.165, 1.54) is 6.42 Å². The Labute approximate surface area is 187 Å². The summed E-state index contributed by atoms with van der Waals surface area (Å²) in [6.45, 7) is 2.71. The summed E-state index contributed by atoms with van der Waals surface area (Å²) in [5.41, 5.74) is 2.02. The zero-order valence-corrected chi connectivity index (χ0v) is 18.2. The van der Waals surface area contributed by atoms with Gasteiger partial charge < -0.3 is 15.3 Å². The van der Waals surface area contributed by atoms with Gasteiger partial charge in [-0.15, -0.1) is 0 Å². The number of para-hydroxylation sites is 1. The highest BCUT2D eigenvalue weighted by molar-refractivity contribution is 6.07. The number of aryl methyl sites for hydroxylation is 1. The fourth-order valence-corrected chi connectivity index (χ4v) is 5.40. The van der Waals surface area contributed by atoms with Gasteiger partial charge in [0.05, 0.1) is 18.8 Å². The second-order valence-corrected chi connectivity index (χ2v) is 8.60. The molecule has 3 aliphatic heterocycles. The molecule has 170 valence electrons. The molecule has 1 spiro atoms. The monoisotopic (exact) mass is 439 g/mol. The Balaban J connectivity index is 0.000000775. The number of aromatic nitrogens is 2. The standard InChI is InChI=1S/C22H27N5O2.CH2O2/c1-25-14-16(13-23-25)20-22(17-7-3-4-8-18(17)24-21(22)29)9-12-27(20)19(28)15-26-10-5-2-6-11-26;2-1-3/h3-4,7-8,13-14,20H,2,5-6,9-12,15H2,1H3,(H,24,29);1H,(H,2,3)/t20-,22+;/m0./s1. The molecule has 9 nitrogen and oxygen atoms in total. The number of piperidine rings is 1. The molecule has 9 heteroatoms. The van der Waals surface area contributed by atoms with E-state index in [9.17, 15) is 9.59 Å². The average molecular weight is 440 g/mol. The molecule has 0 unspecified atom stereocenters. The zero-order valence-electron chi connectivity index (χ0n) is 18.2. The molecule has 2 aromatic rings. The predicted molar refractivity (Wildman–Crippen MR) is 118 cm³/mol. The lowest BCUT2D eigenvalue weighted by Gasteiger charge is -2.35. The third-order valence-electron chi connectivity index (χ3n) is 6.76. The summed E-state index contributed by atoms with van der Waals surface area (Å²) in [4.78, 5) is 39.2. The van der Waals surface area contributed by atoms with Gasteiger partial charge in [-0.3, -0.25) is 24.0 Å². The number of likely N-dealkylation sites (tertiary alicyclic amines) is 2. The summed E-state index contributed by atoms with van der Waals surface area (Å²) in [6.07, 6.45) is 7.91. The van der Waals surface area contributed by atoms with Crippen LogP contribution >= 0.6 is 0 Å². The number of amides is 2. The third-order valence-corrected chi connectivity index (χ3v) is 6.76. The van der Waals surface area contributed by atoms with E-state index in [0.29, 0.717) is 19.5 Å². The van der Waals surface area contributed by atoms with Crippen molar-refractivity contribution < 1.29 is 19.5 Å². The molecule has 0 saturated carbocycles. The molecule has 2 atom stereocenters. The minimum absolute atomic E-state index is 0.0131. The fourth-order valence-electron chi connectivity index (χ4n) is 5.40. The van der Waals surface area contributed by atoms with Crippen LogP contribution < -0.4 is 5.32 Å². The summed E-state index contributed by atoms with van der Waals surface area (Å²) in [5.74, 6) is 0.0932. The minimum atomic E-state index is -0.753. The number of rotatable bonds is 3. The summed E-state index contributed by atoms with van der Waals surface area (Å²) in [6, 6.07) is 7.54. The number of hydrogen-bond acceptors (Lipinski definition) is 5. The first-order valence-corrected chi connectivity index (χ1v) is 11.0. The molecule has 1 aromatic carbocycles. The Morgan fingerprint density at radius 1 is 1.25 bits per heavy atom. The summed E-state index contributed by atoms with van der Waals surface area (Å²) < 4.78 is 1.74. The maximum atomic E-state index is 13.4. The fraction of sp³-hybridized carbons (Fsp3) is 0.478. The number of carbonyl (C=O) groups excluding carboxylic acids is 2. The Kier molecular flexibility index (Phi) is 6.27. The first kappa shape index (κ1) is 22.0. The molecule has 0 radical (unpaired) electrons. The van der Waals surface area contributed by atoms with Gasteiger partial charge >= 0.3 is 0 Å². The third kappa shape index (κ3) is 3.77. The maximum absolute atomic E-state index is 13.4. The number of benzene rings is 1. The molecule has 3 aliphatic rings. The summed E-state index contributed by atoms with van der Waals surface area (Å²) in [7, 11) is 1.87. The van der Waals surface area contributed by atoms with E-state index in [0.717, 1.165) is 42.7 Å². The molecule has 5 rings (SSSR count). The Morgan fingerprint density at radius 2 is 1.97 bits per heavy atom. The lowest BCUT2D eigenvalue weighted by atomic mass is 9.73. The lowest BCUT2D eigenvalue weighted by molar-refractivity contribution is -0.135. The number of fused-ring (bicyclic) bond motifs is 2. The van der Waals surface area contributed by atoms with E-state index in [1.54, 1.807) is 10.9 Å². The normalized spacial score (nSPS) is 24.6. The second-order valence-electron chi connectivity index (χ2n) is 8.60. The van der Waals surface area contributed by atoms with E-state index < -0.39 is 5.41 Å². The van der Waals surface area contributed by atoms with Crippen molar-refractivity contribution in [2.45, 2.75) is 37.1 Å². The van der Waals surface area contributed by atoms with Crippen molar-refractivity contribution in [1.29, 1.82) is 0 Å². The number of carboxylic acid groups (broad SMARTS) is 1. The Hall–Kier alpha value is -3.20. The molecule has 32 heavy (non-hydrogen) atoms. The van der Waals surface area contributed by atoms with Crippen molar-refractivity contribution >= 4 is 24.0 Å². The van der Waals surface area contributed by atoms with Gasteiger partial charge in [-0.1, -0.05) is 24.6 Å². The number of nitrogens with zero attached hydrogens (tertiary/aromatic N) is 4. The van der Waals surface area contributed by atoms with E-state index in [-0.39, 0.29) is 24.3 Å². The SMILES string of the molecule is Cn1cc([C@@H]2N(C(=O)CN3CCCCC3)CC[C@]23C(=O)Nc2ccccc23)cn1.O=CO. The molecule has 2 fully saturated rings.